The highest BCUT2D eigenvalue weighted by atomic mass is 16.5. The molecule has 0 bridgehead atoms. The van der Waals surface area contributed by atoms with E-state index in [0.29, 0.717) is 13.2 Å². The SMILES string of the molecule is CC(C)Oc1ccc(C(C)NC(=O)C2CNCCO2)cc1. The Morgan fingerprint density at radius 1 is 1.33 bits per heavy atom. The van der Waals surface area contributed by atoms with E-state index in [1.807, 2.05) is 45.0 Å². The van der Waals surface area contributed by atoms with Crippen LogP contribution in [0.5, 0.6) is 5.75 Å². The van der Waals surface area contributed by atoms with Crippen LogP contribution in [0.4, 0.5) is 0 Å². The van der Waals surface area contributed by atoms with Crippen molar-refractivity contribution in [3.63, 3.8) is 0 Å². The van der Waals surface area contributed by atoms with Gasteiger partial charge in [-0.1, -0.05) is 12.1 Å². The minimum Gasteiger partial charge on any atom is -0.491 e. The molecule has 1 fully saturated rings. The molecule has 1 aliphatic heterocycles. The summed E-state index contributed by atoms with van der Waals surface area (Å²) in [6, 6.07) is 7.75. The van der Waals surface area contributed by atoms with Crippen molar-refractivity contribution in [2.45, 2.75) is 39.0 Å². The lowest BCUT2D eigenvalue weighted by Crippen LogP contribution is -2.48. The first-order valence-corrected chi connectivity index (χ1v) is 7.45. The number of amides is 1. The van der Waals surface area contributed by atoms with Crippen LogP contribution < -0.4 is 15.4 Å². The summed E-state index contributed by atoms with van der Waals surface area (Å²) in [4.78, 5) is 12.1. The van der Waals surface area contributed by atoms with E-state index >= 15 is 0 Å². The van der Waals surface area contributed by atoms with Crippen LogP contribution in [0.1, 0.15) is 32.4 Å². The molecular formula is C16H24N2O3. The lowest BCUT2D eigenvalue weighted by atomic mass is 10.1. The smallest absolute Gasteiger partial charge is 0.250 e. The van der Waals surface area contributed by atoms with Crippen LogP contribution in [-0.4, -0.2) is 37.8 Å². The number of nitrogens with one attached hydrogen (secondary N) is 2. The van der Waals surface area contributed by atoms with Gasteiger partial charge in [0.2, 0.25) is 0 Å². The van der Waals surface area contributed by atoms with E-state index in [0.717, 1.165) is 17.9 Å². The monoisotopic (exact) mass is 292 g/mol. The maximum absolute atomic E-state index is 12.1. The van der Waals surface area contributed by atoms with Gasteiger partial charge in [-0.05, 0) is 38.5 Å². The summed E-state index contributed by atoms with van der Waals surface area (Å²) >= 11 is 0. The highest BCUT2D eigenvalue weighted by Crippen LogP contribution is 2.18. The topological polar surface area (TPSA) is 59.6 Å². The van der Waals surface area contributed by atoms with Gasteiger partial charge in [-0.3, -0.25) is 4.79 Å². The molecule has 2 N–H and O–H groups in total. The van der Waals surface area contributed by atoms with Crippen molar-refractivity contribution < 1.29 is 14.3 Å². The van der Waals surface area contributed by atoms with Crippen LogP contribution in [-0.2, 0) is 9.53 Å². The van der Waals surface area contributed by atoms with Gasteiger partial charge in [0.1, 0.15) is 11.9 Å². The zero-order valence-corrected chi connectivity index (χ0v) is 12.9. The molecular weight excluding hydrogens is 268 g/mol. The summed E-state index contributed by atoms with van der Waals surface area (Å²) in [7, 11) is 0. The summed E-state index contributed by atoms with van der Waals surface area (Å²) in [5.41, 5.74) is 1.04. The van der Waals surface area contributed by atoms with Crippen LogP contribution in [0.2, 0.25) is 0 Å². The molecule has 0 aliphatic carbocycles. The number of rotatable bonds is 5. The zero-order valence-electron chi connectivity index (χ0n) is 12.9. The Morgan fingerprint density at radius 3 is 2.62 bits per heavy atom. The normalized spacial score (nSPS) is 20.1. The van der Waals surface area contributed by atoms with Crippen LogP contribution in [0.3, 0.4) is 0 Å². The molecule has 1 aliphatic rings. The molecule has 116 valence electrons. The Kier molecular flexibility index (Phi) is 5.59. The van der Waals surface area contributed by atoms with Gasteiger partial charge in [0.25, 0.3) is 5.91 Å². The Morgan fingerprint density at radius 2 is 2.05 bits per heavy atom. The predicted molar refractivity (Wildman–Crippen MR) is 81.4 cm³/mol. The van der Waals surface area contributed by atoms with Crippen molar-refractivity contribution in [1.82, 2.24) is 10.6 Å². The van der Waals surface area contributed by atoms with Crippen molar-refractivity contribution in [1.29, 1.82) is 0 Å². The number of benzene rings is 1. The molecule has 1 aromatic carbocycles. The van der Waals surface area contributed by atoms with E-state index in [9.17, 15) is 4.79 Å². The number of hydrogen-bond acceptors (Lipinski definition) is 4. The molecule has 0 spiro atoms. The predicted octanol–water partition coefficient (Wildman–Crippen LogP) is 1.64. The fraction of sp³-hybridized carbons (Fsp3) is 0.562. The largest absolute Gasteiger partial charge is 0.491 e. The van der Waals surface area contributed by atoms with Crippen LogP contribution in [0.25, 0.3) is 0 Å². The van der Waals surface area contributed by atoms with Crippen molar-refractivity contribution in [2.24, 2.45) is 0 Å². The van der Waals surface area contributed by atoms with Gasteiger partial charge in [0.05, 0.1) is 18.8 Å². The number of carbonyl (C=O) groups excluding carboxylic acids is 1. The quantitative estimate of drug-likeness (QED) is 0.866. The third-order valence-corrected chi connectivity index (χ3v) is 3.33. The van der Waals surface area contributed by atoms with Gasteiger partial charge in [-0.15, -0.1) is 0 Å². The van der Waals surface area contributed by atoms with Crippen molar-refractivity contribution >= 4 is 5.91 Å². The van der Waals surface area contributed by atoms with Crippen molar-refractivity contribution in [3.05, 3.63) is 29.8 Å². The molecule has 2 unspecified atom stereocenters. The summed E-state index contributed by atoms with van der Waals surface area (Å²) in [5, 5.41) is 6.13. The average molecular weight is 292 g/mol. The van der Waals surface area contributed by atoms with Crippen molar-refractivity contribution in [2.75, 3.05) is 19.7 Å². The Bertz CT molecular complexity index is 453. The fourth-order valence-corrected chi connectivity index (χ4v) is 2.23. The molecule has 5 nitrogen and oxygen atoms in total. The molecule has 0 saturated carbocycles. The van der Waals surface area contributed by atoms with E-state index in [4.69, 9.17) is 9.47 Å². The minimum atomic E-state index is -0.398. The molecule has 0 aromatic heterocycles. The van der Waals surface area contributed by atoms with Gasteiger partial charge in [0.15, 0.2) is 0 Å². The third-order valence-electron chi connectivity index (χ3n) is 3.33. The molecule has 0 radical (unpaired) electrons. The number of hydrogen-bond donors (Lipinski definition) is 2. The van der Waals surface area contributed by atoms with Gasteiger partial charge < -0.3 is 20.1 Å². The maximum atomic E-state index is 12.1. The Hall–Kier alpha value is -1.59. The lowest BCUT2D eigenvalue weighted by molar-refractivity contribution is -0.134. The maximum Gasteiger partial charge on any atom is 0.250 e. The Balaban J connectivity index is 1.90. The Labute approximate surface area is 126 Å². The second-order valence-corrected chi connectivity index (χ2v) is 5.53. The first-order valence-electron chi connectivity index (χ1n) is 7.45. The summed E-state index contributed by atoms with van der Waals surface area (Å²) in [6.45, 7) is 7.90. The molecule has 1 amide bonds. The first-order chi connectivity index (χ1) is 10.1. The highest BCUT2D eigenvalue weighted by Gasteiger charge is 2.23. The van der Waals surface area contributed by atoms with E-state index in [2.05, 4.69) is 10.6 Å². The summed E-state index contributed by atoms with van der Waals surface area (Å²) in [6.07, 6.45) is -0.242. The van der Waals surface area contributed by atoms with Gasteiger partial charge in [-0.2, -0.15) is 0 Å². The van der Waals surface area contributed by atoms with E-state index in [-0.39, 0.29) is 18.1 Å². The van der Waals surface area contributed by atoms with E-state index in [1.165, 1.54) is 0 Å². The molecule has 2 atom stereocenters. The second-order valence-electron chi connectivity index (χ2n) is 5.53. The first kappa shape index (κ1) is 15.8. The molecule has 1 saturated heterocycles. The van der Waals surface area contributed by atoms with E-state index < -0.39 is 6.10 Å². The lowest BCUT2D eigenvalue weighted by Gasteiger charge is -2.24. The standard InChI is InChI=1S/C16H24N2O3/c1-11(2)21-14-6-4-13(5-7-14)12(3)18-16(19)15-10-17-8-9-20-15/h4-7,11-12,15,17H,8-10H2,1-3H3,(H,18,19). The average Bonchev–Trinajstić information content (AvgIpc) is 2.48. The number of ether oxygens (including phenoxy) is 2. The fourth-order valence-electron chi connectivity index (χ4n) is 2.23. The van der Waals surface area contributed by atoms with Crippen LogP contribution in [0, 0.1) is 0 Å². The molecule has 1 aromatic rings. The van der Waals surface area contributed by atoms with E-state index in [1.54, 1.807) is 0 Å². The second kappa shape index (κ2) is 7.43. The third kappa shape index (κ3) is 4.72. The highest BCUT2D eigenvalue weighted by molar-refractivity contribution is 5.81. The van der Waals surface area contributed by atoms with Crippen LogP contribution >= 0.6 is 0 Å². The van der Waals surface area contributed by atoms with Crippen LogP contribution in [0.15, 0.2) is 24.3 Å². The van der Waals surface area contributed by atoms with Gasteiger partial charge >= 0.3 is 0 Å². The number of carbonyl (C=O) groups is 1. The van der Waals surface area contributed by atoms with Gasteiger partial charge in [-0.25, -0.2) is 0 Å². The summed E-state index contributed by atoms with van der Waals surface area (Å²) in [5.74, 6) is 0.768. The molecule has 5 heteroatoms. The van der Waals surface area contributed by atoms with Gasteiger partial charge in [0, 0.05) is 13.1 Å². The molecule has 21 heavy (non-hydrogen) atoms. The number of morpholine rings is 1. The molecule has 2 rings (SSSR count). The minimum absolute atomic E-state index is 0.0591. The summed E-state index contributed by atoms with van der Waals surface area (Å²) < 4.78 is 11.1. The van der Waals surface area contributed by atoms with Crippen molar-refractivity contribution in [3.8, 4) is 5.75 Å². The zero-order chi connectivity index (χ0) is 15.2. The molecule has 1 heterocycles.